The third-order valence-corrected chi connectivity index (χ3v) is 7.06. The topological polar surface area (TPSA) is 40.8 Å². The number of benzene rings is 4. The molecule has 0 aliphatic rings. The molecule has 4 aromatic carbocycles. The lowest BCUT2D eigenvalue weighted by Crippen LogP contribution is -2.30. The molecule has 3 nitrogen and oxygen atoms in total. The van der Waals surface area contributed by atoms with Gasteiger partial charge in [-0.25, -0.2) is 4.57 Å². The molecule has 0 unspecified atom stereocenters. The van der Waals surface area contributed by atoms with Gasteiger partial charge in [0.2, 0.25) is 5.69 Å². The first-order chi connectivity index (χ1) is 17.6. The van der Waals surface area contributed by atoms with Gasteiger partial charge in [-0.2, -0.15) is 5.26 Å². The Kier molecular flexibility index (Phi) is 5.16. The Morgan fingerprint density at radius 1 is 0.694 bits per heavy atom. The molecule has 0 amide bonds. The highest BCUT2D eigenvalue weighted by Crippen LogP contribution is 2.43. The minimum Gasteiger partial charge on any atom is -0.454 e. The van der Waals surface area contributed by atoms with Crippen LogP contribution in [0, 0.1) is 25.2 Å². The number of nitriles is 1. The second-order valence-corrected chi connectivity index (χ2v) is 9.31. The van der Waals surface area contributed by atoms with Crippen LogP contribution < -0.4 is 4.57 Å². The van der Waals surface area contributed by atoms with Crippen molar-refractivity contribution in [3.8, 4) is 39.6 Å². The smallest absolute Gasteiger partial charge is 0.216 e. The van der Waals surface area contributed by atoms with Gasteiger partial charge >= 0.3 is 0 Å². The summed E-state index contributed by atoms with van der Waals surface area (Å²) in [6.07, 6.45) is 2.05. The van der Waals surface area contributed by atoms with Gasteiger partial charge in [0, 0.05) is 28.5 Å². The lowest BCUT2D eigenvalue weighted by Gasteiger charge is -2.12. The number of furan rings is 1. The molecule has 0 aliphatic carbocycles. The predicted molar refractivity (Wildman–Crippen MR) is 145 cm³/mol. The van der Waals surface area contributed by atoms with E-state index in [0.29, 0.717) is 5.56 Å². The largest absolute Gasteiger partial charge is 0.454 e. The molecule has 0 fully saturated rings. The minimum atomic E-state index is 0.610. The van der Waals surface area contributed by atoms with Gasteiger partial charge in [-0.15, -0.1) is 0 Å². The van der Waals surface area contributed by atoms with Crippen molar-refractivity contribution in [1.29, 1.82) is 5.26 Å². The van der Waals surface area contributed by atoms with E-state index in [1.807, 2.05) is 55.7 Å². The van der Waals surface area contributed by atoms with Crippen molar-refractivity contribution in [2.24, 2.45) is 7.05 Å². The number of rotatable bonds is 3. The monoisotopic (exact) mass is 465 g/mol. The van der Waals surface area contributed by atoms with Gasteiger partial charge in [0.05, 0.1) is 17.2 Å². The first-order valence-corrected chi connectivity index (χ1v) is 12.1. The highest BCUT2D eigenvalue weighted by atomic mass is 16.3. The molecule has 172 valence electrons. The number of aryl methyl sites for hydroxylation is 3. The lowest BCUT2D eigenvalue weighted by atomic mass is 9.91. The van der Waals surface area contributed by atoms with Crippen molar-refractivity contribution in [3.05, 3.63) is 114 Å². The van der Waals surface area contributed by atoms with Crippen molar-refractivity contribution < 1.29 is 8.98 Å². The molecule has 0 N–H and O–H groups in total. The fraction of sp³-hybridized carbons (Fsp3) is 0.0909. The van der Waals surface area contributed by atoms with Gasteiger partial charge in [0.25, 0.3) is 0 Å². The van der Waals surface area contributed by atoms with E-state index < -0.39 is 0 Å². The summed E-state index contributed by atoms with van der Waals surface area (Å²) in [5, 5.41) is 12.2. The van der Waals surface area contributed by atoms with Crippen molar-refractivity contribution in [3.63, 3.8) is 0 Å². The van der Waals surface area contributed by atoms with Gasteiger partial charge in [-0.1, -0.05) is 54.6 Å². The number of fused-ring (bicyclic) bond motifs is 3. The molecule has 0 aliphatic heterocycles. The summed E-state index contributed by atoms with van der Waals surface area (Å²) >= 11 is 0. The number of nitrogens with zero attached hydrogens (tertiary/aromatic N) is 2. The molecule has 36 heavy (non-hydrogen) atoms. The summed E-state index contributed by atoms with van der Waals surface area (Å²) in [6, 6.07) is 33.6. The Hall–Kier alpha value is -4.68. The fourth-order valence-electron chi connectivity index (χ4n) is 5.17. The molecule has 6 rings (SSSR count). The van der Waals surface area contributed by atoms with Crippen LogP contribution in [-0.2, 0) is 7.05 Å². The highest BCUT2D eigenvalue weighted by Gasteiger charge is 2.23. The number of pyridine rings is 1. The Balaban J connectivity index is 1.69. The Labute approximate surface area is 210 Å². The van der Waals surface area contributed by atoms with Crippen LogP contribution in [0.5, 0.6) is 0 Å². The van der Waals surface area contributed by atoms with Crippen LogP contribution in [0.2, 0.25) is 0 Å². The van der Waals surface area contributed by atoms with Crippen molar-refractivity contribution in [1.82, 2.24) is 0 Å². The van der Waals surface area contributed by atoms with Crippen molar-refractivity contribution >= 4 is 21.9 Å². The zero-order valence-electron chi connectivity index (χ0n) is 20.5. The summed E-state index contributed by atoms with van der Waals surface area (Å²) in [5.41, 5.74) is 10.7. The van der Waals surface area contributed by atoms with Gasteiger partial charge in [-0.3, -0.25) is 0 Å². The first-order valence-electron chi connectivity index (χ1n) is 12.1. The quantitative estimate of drug-likeness (QED) is 0.249. The van der Waals surface area contributed by atoms with Crippen molar-refractivity contribution in [2.75, 3.05) is 0 Å². The summed E-state index contributed by atoms with van der Waals surface area (Å²) in [5.74, 6) is 0. The van der Waals surface area contributed by atoms with Crippen LogP contribution >= 0.6 is 0 Å². The highest BCUT2D eigenvalue weighted by molar-refractivity contribution is 6.14. The Morgan fingerprint density at radius 3 is 2.14 bits per heavy atom. The van der Waals surface area contributed by atoms with E-state index in [9.17, 15) is 5.26 Å². The SMILES string of the molecule is Cc1ccc(-c2ccccc2)cc1-c1c(C#N)ccc2c1oc1c(-c3cccc[n+]3C)c(C)ccc12. The normalized spacial score (nSPS) is 11.2. The third-order valence-electron chi connectivity index (χ3n) is 7.06. The molecule has 2 aromatic heterocycles. The van der Waals surface area contributed by atoms with E-state index in [-0.39, 0.29) is 0 Å². The first kappa shape index (κ1) is 21.8. The molecule has 0 atom stereocenters. The average Bonchev–Trinajstić information content (AvgIpc) is 3.28. The van der Waals surface area contributed by atoms with E-state index >= 15 is 0 Å². The molecule has 0 saturated heterocycles. The molecule has 0 radical (unpaired) electrons. The number of aromatic nitrogens is 1. The van der Waals surface area contributed by atoms with E-state index in [2.05, 4.69) is 73.0 Å². The minimum absolute atomic E-state index is 0.610. The second kappa shape index (κ2) is 8.52. The molecule has 0 bridgehead atoms. The van der Waals surface area contributed by atoms with E-state index in [1.165, 1.54) is 0 Å². The summed E-state index contributed by atoms with van der Waals surface area (Å²) in [4.78, 5) is 0. The Morgan fingerprint density at radius 2 is 1.39 bits per heavy atom. The van der Waals surface area contributed by atoms with E-state index in [0.717, 1.165) is 66.6 Å². The van der Waals surface area contributed by atoms with Gasteiger partial charge in [-0.05, 0) is 65.9 Å². The molecule has 3 heteroatoms. The zero-order chi connectivity index (χ0) is 24.8. The molecule has 2 heterocycles. The molecular formula is C33H25N2O+. The fourth-order valence-corrected chi connectivity index (χ4v) is 5.17. The summed E-state index contributed by atoms with van der Waals surface area (Å²) in [7, 11) is 2.05. The lowest BCUT2D eigenvalue weighted by molar-refractivity contribution is -0.660. The van der Waals surface area contributed by atoms with Crippen LogP contribution in [0.1, 0.15) is 16.7 Å². The van der Waals surface area contributed by atoms with Gasteiger partial charge in [0.15, 0.2) is 6.20 Å². The van der Waals surface area contributed by atoms with Crippen LogP contribution in [0.3, 0.4) is 0 Å². The maximum Gasteiger partial charge on any atom is 0.216 e. The van der Waals surface area contributed by atoms with Gasteiger partial charge in [0.1, 0.15) is 18.2 Å². The van der Waals surface area contributed by atoms with Gasteiger partial charge < -0.3 is 4.42 Å². The average molecular weight is 466 g/mol. The van der Waals surface area contributed by atoms with E-state index in [4.69, 9.17) is 4.42 Å². The maximum atomic E-state index is 10.1. The predicted octanol–water partition coefficient (Wildman–Crippen LogP) is 7.90. The van der Waals surface area contributed by atoms with Crippen LogP contribution in [0.15, 0.2) is 102 Å². The summed E-state index contributed by atoms with van der Waals surface area (Å²) < 4.78 is 8.85. The molecular weight excluding hydrogens is 440 g/mol. The van der Waals surface area contributed by atoms with Crippen LogP contribution in [0.25, 0.3) is 55.4 Å². The Bertz CT molecular complexity index is 1820. The van der Waals surface area contributed by atoms with Crippen LogP contribution in [0.4, 0.5) is 0 Å². The maximum absolute atomic E-state index is 10.1. The van der Waals surface area contributed by atoms with Crippen LogP contribution in [-0.4, -0.2) is 0 Å². The molecule has 6 aromatic rings. The molecule has 0 saturated carbocycles. The third kappa shape index (κ3) is 3.39. The zero-order valence-corrected chi connectivity index (χ0v) is 20.5. The summed E-state index contributed by atoms with van der Waals surface area (Å²) in [6.45, 7) is 4.20. The number of hydrogen-bond acceptors (Lipinski definition) is 2. The standard InChI is InChI=1S/C33H25N2O/c1-21-12-14-24(23-9-5-4-6-10-23)19-28(21)31-25(20-34)15-17-27-26-16-13-22(2)30(32(26)36-33(27)31)29-11-7-8-18-35(29)3/h4-19H,1-3H3/q+1. The van der Waals surface area contributed by atoms with E-state index in [1.54, 1.807) is 0 Å². The molecule has 0 spiro atoms. The van der Waals surface area contributed by atoms with Crippen molar-refractivity contribution in [2.45, 2.75) is 13.8 Å². The number of hydrogen-bond donors (Lipinski definition) is 0. The second-order valence-electron chi connectivity index (χ2n) is 9.31.